The topological polar surface area (TPSA) is 49.8 Å². The van der Waals surface area contributed by atoms with Crippen LogP contribution in [0.2, 0.25) is 0 Å². The lowest BCUT2D eigenvalue weighted by atomic mass is 9.92. The van der Waals surface area contributed by atoms with Crippen molar-refractivity contribution in [1.82, 2.24) is 4.90 Å². The lowest BCUT2D eigenvalue weighted by Crippen LogP contribution is -2.31. The average Bonchev–Trinajstić information content (AvgIpc) is 2.96. The summed E-state index contributed by atoms with van der Waals surface area (Å²) >= 11 is 0. The first-order valence-electron chi connectivity index (χ1n) is 10.8. The summed E-state index contributed by atoms with van der Waals surface area (Å²) in [7, 11) is 0. The van der Waals surface area contributed by atoms with Gasteiger partial charge in [0.2, 0.25) is 0 Å². The Hall–Kier alpha value is -3.08. The Morgan fingerprint density at radius 2 is 1.72 bits per heavy atom. The van der Waals surface area contributed by atoms with E-state index < -0.39 is 5.97 Å². The monoisotopic (exact) mass is 447 g/mol. The van der Waals surface area contributed by atoms with E-state index in [1.165, 1.54) is 11.1 Å². The highest BCUT2D eigenvalue weighted by Crippen LogP contribution is 2.37. The van der Waals surface area contributed by atoms with E-state index in [0.717, 1.165) is 60.5 Å². The number of ether oxygens (including phenoxy) is 1. The second-order valence-electron chi connectivity index (χ2n) is 8.16. The summed E-state index contributed by atoms with van der Waals surface area (Å²) in [6.45, 7) is 3.50. The quantitative estimate of drug-likeness (QED) is 0.567. The molecule has 0 fully saturated rings. The standard InChI is InChI=1S/C27H25NO3.ClH/c29-27(30)20-11-12-26-25(16-20)24(23-9-4-3-8-22(23)18-31-26)10-5-14-28-15-13-19-6-1-2-7-21(19)17-28;/h1-4,6-12,16H,5,13-15,17-18H2,(H,29,30);1H/b24-10+;. The van der Waals surface area contributed by atoms with Crippen molar-refractivity contribution >= 4 is 23.9 Å². The molecule has 5 heteroatoms. The molecular weight excluding hydrogens is 422 g/mol. The molecule has 0 aromatic heterocycles. The summed E-state index contributed by atoms with van der Waals surface area (Å²) in [4.78, 5) is 14.1. The van der Waals surface area contributed by atoms with Crippen LogP contribution < -0.4 is 4.74 Å². The lowest BCUT2D eigenvalue weighted by molar-refractivity contribution is 0.0697. The number of hydrogen-bond acceptors (Lipinski definition) is 3. The SMILES string of the molecule is Cl.O=C(O)c1ccc2c(c1)/C(=C/CCN1CCc3ccccc3C1)c1ccccc1CO2. The maximum atomic E-state index is 11.6. The maximum absolute atomic E-state index is 11.6. The van der Waals surface area contributed by atoms with E-state index in [-0.39, 0.29) is 18.0 Å². The first kappa shape index (κ1) is 22.1. The van der Waals surface area contributed by atoms with Gasteiger partial charge in [0.1, 0.15) is 12.4 Å². The molecule has 0 aliphatic carbocycles. The van der Waals surface area contributed by atoms with E-state index in [4.69, 9.17) is 4.74 Å². The molecule has 0 radical (unpaired) electrons. The van der Waals surface area contributed by atoms with Crippen LogP contribution in [0.15, 0.2) is 72.8 Å². The van der Waals surface area contributed by atoms with Crippen LogP contribution in [0.5, 0.6) is 5.75 Å². The van der Waals surface area contributed by atoms with Gasteiger partial charge in [-0.1, -0.05) is 54.6 Å². The van der Waals surface area contributed by atoms with Crippen LogP contribution in [0.1, 0.15) is 44.6 Å². The second kappa shape index (κ2) is 9.60. The van der Waals surface area contributed by atoms with E-state index in [1.807, 2.05) is 12.1 Å². The predicted molar refractivity (Wildman–Crippen MR) is 129 cm³/mol. The lowest BCUT2D eigenvalue weighted by Gasteiger charge is -2.28. The number of carbonyl (C=O) groups is 1. The van der Waals surface area contributed by atoms with Gasteiger partial charge < -0.3 is 9.84 Å². The van der Waals surface area contributed by atoms with Gasteiger partial charge in [0.15, 0.2) is 0 Å². The third-order valence-corrected chi connectivity index (χ3v) is 6.21. The molecule has 3 aromatic rings. The zero-order valence-corrected chi connectivity index (χ0v) is 18.6. The Kier molecular flexibility index (Phi) is 6.63. The van der Waals surface area contributed by atoms with Crippen LogP contribution in [-0.4, -0.2) is 29.1 Å². The number of rotatable bonds is 4. The van der Waals surface area contributed by atoms with Crippen molar-refractivity contribution in [2.45, 2.75) is 26.0 Å². The zero-order chi connectivity index (χ0) is 21.2. The van der Waals surface area contributed by atoms with Crippen molar-refractivity contribution in [3.05, 3.63) is 106 Å². The number of aromatic carboxylic acids is 1. The van der Waals surface area contributed by atoms with Crippen molar-refractivity contribution in [2.24, 2.45) is 0 Å². The fraction of sp³-hybridized carbons (Fsp3) is 0.222. The first-order valence-corrected chi connectivity index (χ1v) is 10.8. The van der Waals surface area contributed by atoms with Gasteiger partial charge in [-0.15, -0.1) is 12.4 Å². The Morgan fingerprint density at radius 3 is 2.53 bits per heavy atom. The predicted octanol–water partition coefficient (Wildman–Crippen LogP) is 5.58. The summed E-state index contributed by atoms with van der Waals surface area (Å²) in [6, 6.07) is 22.0. The van der Waals surface area contributed by atoms with Gasteiger partial charge in [0.25, 0.3) is 0 Å². The number of carboxylic acids is 1. The van der Waals surface area contributed by atoms with Gasteiger partial charge in [0, 0.05) is 25.2 Å². The minimum atomic E-state index is -0.924. The summed E-state index contributed by atoms with van der Waals surface area (Å²) in [5, 5.41) is 9.50. The van der Waals surface area contributed by atoms with Crippen LogP contribution >= 0.6 is 12.4 Å². The van der Waals surface area contributed by atoms with Crippen molar-refractivity contribution in [2.75, 3.05) is 13.1 Å². The molecule has 3 aromatic carbocycles. The largest absolute Gasteiger partial charge is 0.488 e. The molecule has 0 amide bonds. The van der Waals surface area contributed by atoms with Gasteiger partial charge in [0.05, 0.1) is 5.56 Å². The number of hydrogen-bond donors (Lipinski definition) is 1. The fourth-order valence-electron chi connectivity index (χ4n) is 4.57. The summed E-state index contributed by atoms with van der Waals surface area (Å²) in [5.41, 5.74) is 7.31. The van der Waals surface area contributed by atoms with Gasteiger partial charge >= 0.3 is 5.97 Å². The third kappa shape index (κ3) is 4.43. The molecule has 2 aliphatic rings. The number of benzene rings is 3. The van der Waals surface area contributed by atoms with Crippen molar-refractivity contribution in [3.63, 3.8) is 0 Å². The van der Waals surface area contributed by atoms with Crippen LogP contribution in [0.4, 0.5) is 0 Å². The molecule has 2 heterocycles. The minimum absolute atomic E-state index is 0. The van der Waals surface area contributed by atoms with Crippen molar-refractivity contribution in [3.8, 4) is 5.75 Å². The molecule has 5 rings (SSSR count). The van der Waals surface area contributed by atoms with Crippen LogP contribution in [0.25, 0.3) is 5.57 Å². The average molecular weight is 448 g/mol. The van der Waals surface area contributed by atoms with Gasteiger partial charge in [-0.25, -0.2) is 4.79 Å². The molecule has 0 saturated heterocycles. The number of nitrogens with zero attached hydrogens (tertiary/aromatic N) is 1. The van der Waals surface area contributed by atoms with Crippen LogP contribution in [0.3, 0.4) is 0 Å². The molecule has 32 heavy (non-hydrogen) atoms. The number of carboxylic acid groups (broad SMARTS) is 1. The maximum Gasteiger partial charge on any atom is 0.335 e. The van der Waals surface area contributed by atoms with Gasteiger partial charge in [-0.3, -0.25) is 4.90 Å². The Bertz CT molecular complexity index is 1170. The normalized spacial score (nSPS) is 16.1. The molecule has 2 aliphatic heterocycles. The molecule has 0 unspecified atom stereocenters. The van der Waals surface area contributed by atoms with Gasteiger partial charge in [-0.2, -0.15) is 0 Å². The number of fused-ring (bicyclic) bond motifs is 3. The highest BCUT2D eigenvalue weighted by molar-refractivity contribution is 5.92. The van der Waals surface area contributed by atoms with Crippen LogP contribution in [0, 0.1) is 0 Å². The minimum Gasteiger partial charge on any atom is -0.488 e. The molecule has 0 bridgehead atoms. The van der Waals surface area contributed by atoms with E-state index in [9.17, 15) is 9.90 Å². The highest BCUT2D eigenvalue weighted by Gasteiger charge is 2.21. The van der Waals surface area contributed by atoms with Gasteiger partial charge in [-0.05, 0) is 58.9 Å². The van der Waals surface area contributed by atoms with E-state index in [0.29, 0.717) is 6.61 Å². The number of halogens is 1. The summed E-state index contributed by atoms with van der Waals surface area (Å²) in [5.74, 6) is -0.189. The first-order chi connectivity index (χ1) is 15.2. The highest BCUT2D eigenvalue weighted by atomic mass is 35.5. The molecule has 0 spiro atoms. The molecule has 0 atom stereocenters. The van der Waals surface area contributed by atoms with Crippen molar-refractivity contribution < 1.29 is 14.6 Å². The Labute approximate surface area is 194 Å². The smallest absolute Gasteiger partial charge is 0.335 e. The Balaban J connectivity index is 0.00000245. The van der Waals surface area contributed by atoms with Crippen molar-refractivity contribution in [1.29, 1.82) is 0 Å². The third-order valence-electron chi connectivity index (χ3n) is 6.21. The Morgan fingerprint density at radius 1 is 0.969 bits per heavy atom. The molecule has 4 nitrogen and oxygen atoms in total. The molecule has 164 valence electrons. The van der Waals surface area contributed by atoms with Crippen LogP contribution in [-0.2, 0) is 19.6 Å². The molecular formula is C27H26ClNO3. The second-order valence-corrected chi connectivity index (χ2v) is 8.16. The van der Waals surface area contributed by atoms with E-state index in [1.54, 1.807) is 18.2 Å². The van der Waals surface area contributed by atoms with E-state index >= 15 is 0 Å². The summed E-state index contributed by atoms with van der Waals surface area (Å²) in [6.07, 6.45) is 4.23. The summed E-state index contributed by atoms with van der Waals surface area (Å²) < 4.78 is 6.03. The zero-order valence-electron chi connectivity index (χ0n) is 17.8. The fourth-order valence-corrected chi connectivity index (χ4v) is 4.57. The molecule has 0 saturated carbocycles. The van der Waals surface area contributed by atoms with E-state index in [2.05, 4.69) is 47.4 Å². The molecule has 1 N–H and O–H groups in total.